The second-order valence-electron chi connectivity index (χ2n) is 5.39. The molecule has 4 aliphatic rings. The van der Waals surface area contributed by atoms with E-state index in [1.807, 2.05) is 30.3 Å². The van der Waals surface area contributed by atoms with Gasteiger partial charge in [-0.15, -0.1) is 0 Å². The van der Waals surface area contributed by atoms with Crippen LogP contribution in [0.2, 0.25) is 0 Å². The molecule has 0 saturated heterocycles. The molecule has 5 rings (SSSR count). The van der Waals surface area contributed by atoms with E-state index in [2.05, 4.69) is 0 Å². The van der Waals surface area contributed by atoms with E-state index in [0.717, 1.165) is 29.2 Å². The normalized spacial score (nSPS) is 44.4. The topological polar surface area (TPSA) is 17.1 Å². The molecular weight excluding hydrogens is 184 g/mol. The lowest BCUT2D eigenvalue weighted by Gasteiger charge is -2.13. The fourth-order valence-corrected chi connectivity index (χ4v) is 4.26. The van der Waals surface area contributed by atoms with E-state index in [-0.39, 0.29) is 0 Å². The Hall–Kier alpha value is -1.11. The Kier molecular flexibility index (Phi) is 1.36. The van der Waals surface area contributed by atoms with Gasteiger partial charge in [-0.25, -0.2) is 0 Å². The van der Waals surface area contributed by atoms with Gasteiger partial charge in [0.25, 0.3) is 0 Å². The first-order valence-electron chi connectivity index (χ1n) is 5.95. The number of benzene rings is 1. The Morgan fingerprint density at radius 1 is 1.07 bits per heavy atom. The number of ketones is 1. The number of rotatable bonds is 2. The second kappa shape index (κ2) is 2.52. The molecule has 0 heterocycles. The van der Waals surface area contributed by atoms with Gasteiger partial charge in [-0.2, -0.15) is 0 Å². The highest BCUT2D eigenvalue weighted by Gasteiger charge is 2.69. The van der Waals surface area contributed by atoms with Gasteiger partial charge in [0.15, 0.2) is 5.78 Å². The van der Waals surface area contributed by atoms with Crippen LogP contribution in [-0.2, 0) is 0 Å². The molecule has 0 unspecified atom stereocenters. The molecule has 15 heavy (non-hydrogen) atoms. The Morgan fingerprint density at radius 2 is 1.73 bits per heavy atom. The molecule has 4 fully saturated rings. The van der Waals surface area contributed by atoms with Crippen molar-refractivity contribution in [1.82, 2.24) is 0 Å². The first-order valence-corrected chi connectivity index (χ1v) is 5.95. The second-order valence-corrected chi connectivity index (χ2v) is 5.39. The summed E-state index contributed by atoms with van der Waals surface area (Å²) in [6.07, 6.45) is 2.69. The van der Waals surface area contributed by atoms with Crippen LogP contribution in [0.25, 0.3) is 0 Å². The van der Waals surface area contributed by atoms with Crippen molar-refractivity contribution in [2.45, 2.75) is 12.8 Å². The van der Waals surface area contributed by atoms with Gasteiger partial charge >= 0.3 is 0 Å². The molecule has 0 N–H and O–H groups in total. The third-order valence-corrected chi connectivity index (χ3v) is 4.83. The van der Waals surface area contributed by atoms with Gasteiger partial charge in [0.1, 0.15) is 0 Å². The molecule has 0 aromatic heterocycles. The van der Waals surface area contributed by atoms with E-state index in [4.69, 9.17) is 0 Å². The molecular formula is C14H14O. The van der Waals surface area contributed by atoms with Gasteiger partial charge in [-0.3, -0.25) is 4.79 Å². The summed E-state index contributed by atoms with van der Waals surface area (Å²) in [5.74, 6) is 4.20. The zero-order valence-electron chi connectivity index (χ0n) is 8.60. The highest BCUT2D eigenvalue weighted by atomic mass is 16.1. The monoisotopic (exact) mass is 198 g/mol. The molecule has 1 heteroatoms. The van der Waals surface area contributed by atoms with E-state index in [0.29, 0.717) is 11.7 Å². The minimum absolute atomic E-state index is 0.391. The molecule has 1 nitrogen and oxygen atoms in total. The third kappa shape index (κ3) is 0.914. The van der Waals surface area contributed by atoms with Gasteiger partial charge < -0.3 is 0 Å². The van der Waals surface area contributed by atoms with Gasteiger partial charge in [0.05, 0.1) is 0 Å². The zero-order chi connectivity index (χ0) is 9.99. The van der Waals surface area contributed by atoms with Gasteiger partial charge in [0, 0.05) is 11.5 Å². The fraction of sp³-hybridized carbons (Fsp3) is 0.500. The summed E-state index contributed by atoms with van der Waals surface area (Å²) in [4.78, 5) is 12.3. The summed E-state index contributed by atoms with van der Waals surface area (Å²) < 4.78 is 0. The van der Waals surface area contributed by atoms with Crippen LogP contribution >= 0.6 is 0 Å². The van der Waals surface area contributed by atoms with Crippen LogP contribution in [0.1, 0.15) is 23.2 Å². The molecule has 0 spiro atoms. The average molecular weight is 198 g/mol. The summed E-state index contributed by atoms with van der Waals surface area (Å²) in [7, 11) is 0. The fourth-order valence-electron chi connectivity index (χ4n) is 4.26. The molecule has 4 aliphatic carbocycles. The molecule has 0 aliphatic heterocycles. The maximum absolute atomic E-state index is 12.3. The molecule has 0 radical (unpaired) electrons. The Bertz CT molecular complexity index is 408. The molecule has 4 saturated carbocycles. The Balaban J connectivity index is 1.67. The summed E-state index contributed by atoms with van der Waals surface area (Å²) in [6.45, 7) is 0. The molecule has 4 bridgehead atoms. The maximum atomic E-state index is 12.3. The van der Waals surface area contributed by atoms with Crippen molar-refractivity contribution < 1.29 is 4.79 Å². The van der Waals surface area contributed by atoms with E-state index in [9.17, 15) is 4.79 Å². The highest BCUT2D eigenvalue weighted by Crippen LogP contribution is 2.73. The number of Topliss-reactive ketones (excluding diaryl/α,β-unsaturated/α-hetero) is 1. The zero-order valence-corrected chi connectivity index (χ0v) is 8.60. The quantitative estimate of drug-likeness (QED) is 0.668. The smallest absolute Gasteiger partial charge is 0.166 e. The first kappa shape index (κ1) is 8.09. The summed E-state index contributed by atoms with van der Waals surface area (Å²) >= 11 is 0. The summed E-state index contributed by atoms with van der Waals surface area (Å²) in [6, 6.07) is 9.85. The van der Waals surface area contributed by atoms with Crippen molar-refractivity contribution in [1.29, 1.82) is 0 Å². The van der Waals surface area contributed by atoms with Crippen molar-refractivity contribution in [3.05, 3.63) is 35.9 Å². The molecule has 3 atom stereocenters. The van der Waals surface area contributed by atoms with Crippen molar-refractivity contribution in [2.24, 2.45) is 29.6 Å². The van der Waals surface area contributed by atoms with Gasteiger partial charge in [0.2, 0.25) is 0 Å². The molecule has 0 amide bonds. The predicted molar refractivity (Wildman–Crippen MR) is 57.5 cm³/mol. The molecule has 1 aromatic rings. The van der Waals surface area contributed by atoms with Crippen LogP contribution in [0.5, 0.6) is 0 Å². The van der Waals surface area contributed by atoms with Crippen LogP contribution in [0.4, 0.5) is 0 Å². The Morgan fingerprint density at radius 3 is 2.27 bits per heavy atom. The van der Waals surface area contributed by atoms with E-state index < -0.39 is 0 Å². The van der Waals surface area contributed by atoms with Crippen LogP contribution in [-0.4, -0.2) is 5.78 Å². The molecule has 76 valence electrons. The predicted octanol–water partition coefficient (Wildman–Crippen LogP) is 2.77. The van der Waals surface area contributed by atoms with E-state index in [1.54, 1.807) is 0 Å². The van der Waals surface area contributed by atoms with Crippen LogP contribution in [0.3, 0.4) is 0 Å². The van der Waals surface area contributed by atoms with Crippen molar-refractivity contribution in [3.63, 3.8) is 0 Å². The summed E-state index contributed by atoms with van der Waals surface area (Å²) in [5, 5.41) is 0. The van der Waals surface area contributed by atoms with Crippen LogP contribution in [0, 0.1) is 29.6 Å². The standard InChI is InChI=1S/C14H14O/c15-14(8-4-2-1-3-5-8)12-9-6-10-11(7-9)13(10)12/h1-5,9-13H,6-7H2/t9?,10-,11-,12-,13?/m1/s1. The third-order valence-electron chi connectivity index (χ3n) is 4.83. The first-order chi connectivity index (χ1) is 7.36. The van der Waals surface area contributed by atoms with E-state index >= 15 is 0 Å². The van der Waals surface area contributed by atoms with Crippen molar-refractivity contribution in [2.75, 3.05) is 0 Å². The number of hydrogen-bond donors (Lipinski definition) is 0. The number of carbonyl (C=O) groups excluding carboxylic acids is 1. The minimum atomic E-state index is 0.391. The SMILES string of the molecule is O=C(c1ccccc1)[C@@H]1C2C[C@H]3C1[C@@H]3C2. The Labute approximate surface area is 89.5 Å². The largest absolute Gasteiger partial charge is 0.294 e. The van der Waals surface area contributed by atoms with Crippen molar-refractivity contribution >= 4 is 5.78 Å². The number of carbonyl (C=O) groups is 1. The van der Waals surface area contributed by atoms with Crippen LogP contribution < -0.4 is 0 Å². The highest BCUT2D eigenvalue weighted by molar-refractivity contribution is 5.99. The van der Waals surface area contributed by atoms with Gasteiger partial charge in [-0.05, 0) is 36.5 Å². The lowest BCUT2D eigenvalue weighted by atomic mass is 9.90. The van der Waals surface area contributed by atoms with E-state index in [1.165, 1.54) is 12.8 Å². The van der Waals surface area contributed by atoms with Gasteiger partial charge in [-0.1, -0.05) is 30.3 Å². The summed E-state index contributed by atoms with van der Waals surface area (Å²) in [5.41, 5.74) is 0.931. The number of hydrogen-bond acceptors (Lipinski definition) is 1. The lowest BCUT2D eigenvalue weighted by molar-refractivity contribution is 0.0892. The maximum Gasteiger partial charge on any atom is 0.166 e. The lowest BCUT2D eigenvalue weighted by Crippen LogP contribution is -2.18. The van der Waals surface area contributed by atoms with Crippen molar-refractivity contribution in [3.8, 4) is 0 Å². The average Bonchev–Trinajstić information content (AvgIpc) is 2.73. The minimum Gasteiger partial charge on any atom is -0.294 e. The van der Waals surface area contributed by atoms with Crippen LogP contribution in [0.15, 0.2) is 30.3 Å². The molecule has 1 aromatic carbocycles.